The van der Waals surface area contributed by atoms with Crippen LogP contribution in [0.15, 0.2) is 0 Å². The second-order valence-electron chi connectivity index (χ2n) is 15.6. The summed E-state index contributed by atoms with van der Waals surface area (Å²) in [5.74, 6) is -1.57. The van der Waals surface area contributed by atoms with Crippen LogP contribution in [0, 0.1) is 46.3 Å². The second kappa shape index (κ2) is 8.47. The van der Waals surface area contributed by atoms with Crippen LogP contribution in [0.4, 0.5) is 0 Å². The largest absolute Gasteiger partial charge is 0.459 e. The molecule has 9 heteroatoms. The van der Waals surface area contributed by atoms with E-state index in [2.05, 4.69) is 27.7 Å². The fourth-order valence-corrected chi connectivity index (χ4v) is 11.6. The van der Waals surface area contributed by atoms with Gasteiger partial charge in [-0.2, -0.15) is 0 Å². The van der Waals surface area contributed by atoms with Crippen molar-refractivity contribution in [1.82, 2.24) is 0 Å². The summed E-state index contributed by atoms with van der Waals surface area (Å²) in [7, 11) is 0. The van der Waals surface area contributed by atoms with Gasteiger partial charge in [0.05, 0.1) is 23.2 Å². The summed E-state index contributed by atoms with van der Waals surface area (Å²) in [6.45, 7) is 13.3. The van der Waals surface area contributed by atoms with E-state index in [1.807, 2.05) is 6.92 Å². The molecule has 4 aliphatic carbocycles. The summed E-state index contributed by atoms with van der Waals surface area (Å²) in [5.41, 5.74) is -2.42. The van der Waals surface area contributed by atoms with Crippen molar-refractivity contribution in [2.24, 2.45) is 46.3 Å². The minimum Gasteiger partial charge on any atom is -0.459 e. The number of ether oxygens (including phenoxy) is 5. The van der Waals surface area contributed by atoms with Crippen molar-refractivity contribution in [3.63, 3.8) is 0 Å². The van der Waals surface area contributed by atoms with Gasteiger partial charge in [0, 0.05) is 26.2 Å². The molecule has 3 heterocycles. The lowest BCUT2D eigenvalue weighted by molar-refractivity contribution is -0.291. The van der Waals surface area contributed by atoms with E-state index in [0.717, 1.165) is 19.3 Å². The first-order valence-corrected chi connectivity index (χ1v) is 15.7. The maximum atomic E-state index is 14.1. The van der Waals surface area contributed by atoms with Gasteiger partial charge in [0.1, 0.15) is 12.2 Å². The fraction of sp³-hybridized carbons (Fsp3) is 0.906. The van der Waals surface area contributed by atoms with Gasteiger partial charge < -0.3 is 28.8 Å². The number of hydrogen-bond donors (Lipinski definition) is 1. The third-order valence-corrected chi connectivity index (χ3v) is 13.3. The van der Waals surface area contributed by atoms with Crippen LogP contribution in [0.3, 0.4) is 0 Å². The van der Waals surface area contributed by atoms with Crippen LogP contribution in [0.25, 0.3) is 0 Å². The van der Waals surface area contributed by atoms with Gasteiger partial charge in [-0.25, -0.2) is 0 Å². The molecule has 0 amide bonds. The number of esters is 3. The molecule has 7 aliphatic rings. The van der Waals surface area contributed by atoms with Crippen molar-refractivity contribution in [1.29, 1.82) is 0 Å². The van der Waals surface area contributed by atoms with E-state index in [1.54, 1.807) is 0 Å². The summed E-state index contributed by atoms with van der Waals surface area (Å²) < 4.78 is 31.3. The van der Waals surface area contributed by atoms with Crippen molar-refractivity contribution >= 4 is 17.9 Å². The lowest BCUT2D eigenvalue weighted by atomic mass is 9.43. The van der Waals surface area contributed by atoms with Gasteiger partial charge in [-0.3, -0.25) is 14.4 Å². The highest BCUT2D eigenvalue weighted by Crippen LogP contribution is 2.76. The van der Waals surface area contributed by atoms with Crippen LogP contribution in [-0.4, -0.2) is 64.4 Å². The Labute approximate surface area is 242 Å². The van der Waals surface area contributed by atoms with Gasteiger partial charge in [-0.1, -0.05) is 13.8 Å². The minimum absolute atomic E-state index is 0.0422. The molecular formula is C32H46O9. The van der Waals surface area contributed by atoms with Crippen LogP contribution in [0.5, 0.6) is 0 Å². The van der Waals surface area contributed by atoms with Crippen LogP contribution < -0.4 is 0 Å². The Hall–Kier alpha value is -1.71. The summed E-state index contributed by atoms with van der Waals surface area (Å²) >= 11 is 0. The normalized spacial score (nSPS) is 56.0. The minimum atomic E-state index is -0.965. The van der Waals surface area contributed by atoms with E-state index in [9.17, 15) is 19.5 Å². The molecule has 228 valence electrons. The molecule has 0 bridgehead atoms. The third kappa shape index (κ3) is 3.43. The maximum Gasteiger partial charge on any atom is 0.313 e. The Balaban J connectivity index is 1.22. The van der Waals surface area contributed by atoms with Crippen molar-refractivity contribution < 1.29 is 43.2 Å². The van der Waals surface area contributed by atoms with Gasteiger partial charge in [0.15, 0.2) is 5.60 Å². The quantitative estimate of drug-likeness (QED) is 0.387. The van der Waals surface area contributed by atoms with E-state index in [1.165, 1.54) is 13.8 Å². The van der Waals surface area contributed by atoms with Crippen molar-refractivity contribution in [2.45, 2.75) is 135 Å². The maximum absolute atomic E-state index is 14.1. The van der Waals surface area contributed by atoms with E-state index in [-0.39, 0.29) is 59.0 Å². The zero-order valence-electron chi connectivity index (χ0n) is 25.4. The molecule has 14 atom stereocenters. The van der Waals surface area contributed by atoms with Gasteiger partial charge in [0.2, 0.25) is 5.79 Å². The molecular weight excluding hydrogens is 528 g/mol. The molecule has 0 unspecified atom stereocenters. The van der Waals surface area contributed by atoms with Crippen molar-refractivity contribution in [2.75, 3.05) is 0 Å². The number of fused-ring (bicyclic) bond motifs is 5. The molecule has 3 saturated heterocycles. The SMILES string of the molecule is CC(=O)O[C@H]1C[C@@H]2CC[C@@H]3[C@H]([C@@H](O)C[C@]45C(=O)O[C@]6(C)[C@H]4[C@H](C[C@@H]35)O[C@]63C[C@H](C)C(C)(C)O3)[C@@]2(C)C[C@H]1OC(C)=O. The first kappa shape index (κ1) is 28.1. The Morgan fingerprint density at radius 1 is 0.951 bits per heavy atom. The molecule has 0 aromatic carbocycles. The van der Waals surface area contributed by atoms with Gasteiger partial charge in [-0.15, -0.1) is 0 Å². The molecule has 4 saturated carbocycles. The van der Waals surface area contributed by atoms with Crippen molar-refractivity contribution in [3.8, 4) is 0 Å². The molecule has 0 radical (unpaired) electrons. The highest BCUT2D eigenvalue weighted by atomic mass is 16.8. The number of carbonyl (C=O) groups is 3. The lowest BCUT2D eigenvalue weighted by Gasteiger charge is -2.62. The summed E-state index contributed by atoms with van der Waals surface area (Å²) in [4.78, 5) is 38.1. The topological polar surface area (TPSA) is 118 Å². The standard InChI is InChI=1S/C32H46O9/c1-15-12-32(41-28(15,4)5)30(7)26-23(39-32)11-20-19-9-8-18-10-22(37-16(2)33)24(38-17(3)34)14-29(18,6)25(19)21(35)13-31(20,26)27(36)40-30/h15,18-26,35H,8-14H2,1-7H3/t15-,18-,19-,20-,21-,22-,23-,24+,25+,26+,29-,30+,31+,32-/m0/s1. The Bertz CT molecular complexity index is 1180. The zero-order chi connectivity index (χ0) is 29.5. The van der Waals surface area contributed by atoms with Crippen LogP contribution >= 0.6 is 0 Å². The average Bonchev–Trinajstić information content (AvgIpc) is 3.45. The first-order chi connectivity index (χ1) is 19.1. The Morgan fingerprint density at radius 3 is 2.27 bits per heavy atom. The molecule has 0 aromatic heterocycles. The summed E-state index contributed by atoms with van der Waals surface area (Å²) in [5, 5.41) is 12.1. The molecule has 7 rings (SSSR count). The number of carbonyl (C=O) groups excluding carboxylic acids is 3. The van der Waals surface area contributed by atoms with E-state index >= 15 is 0 Å². The molecule has 0 aromatic rings. The molecule has 7 fully saturated rings. The predicted octanol–water partition coefficient (Wildman–Crippen LogP) is 3.93. The van der Waals surface area contributed by atoms with Crippen molar-refractivity contribution in [3.05, 3.63) is 0 Å². The smallest absolute Gasteiger partial charge is 0.313 e. The second-order valence-corrected chi connectivity index (χ2v) is 15.6. The first-order valence-electron chi connectivity index (χ1n) is 15.7. The molecule has 9 nitrogen and oxygen atoms in total. The Kier molecular flexibility index (Phi) is 5.80. The third-order valence-electron chi connectivity index (χ3n) is 13.3. The number of hydrogen-bond acceptors (Lipinski definition) is 9. The predicted molar refractivity (Wildman–Crippen MR) is 144 cm³/mol. The van der Waals surface area contributed by atoms with E-state index < -0.39 is 46.7 Å². The Morgan fingerprint density at radius 2 is 1.63 bits per heavy atom. The molecule has 3 aliphatic heterocycles. The highest BCUT2D eigenvalue weighted by Gasteiger charge is 2.85. The van der Waals surface area contributed by atoms with Crippen LogP contribution in [0.2, 0.25) is 0 Å². The van der Waals surface area contributed by atoms with E-state index in [0.29, 0.717) is 25.7 Å². The average molecular weight is 575 g/mol. The highest BCUT2D eigenvalue weighted by molar-refractivity contribution is 5.83. The van der Waals surface area contributed by atoms with Gasteiger partial charge in [-0.05, 0) is 94.3 Å². The number of aliphatic hydroxyl groups excluding tert-OH is 1. The fourth-order valence-electron chi connectivity index (χ4n) is 11.6. The number of rotatable bonds is 2. The lowest BCUT2D eigenvalue weighted by Crippen LogP contribution is -2.63. The summed E-state index contributed by atoms with van der Waals surface area (Å²) in [6.07, 6.45) is 2.76. The monoisotopic (exact) mass is 574 g/mol. The summed E-state index contributed by atoms with van der Waals surface area (Å²) in [6, 6.07) is 0. The molecule has 1 N–H and O–H groups in total. The number of aliphatic hydroxyl groups is 1. The molecule has 41 heavy (non-hydrogen) atoms. The van der Waals surface area contributed by atoms with Crippen LogP contribution in [-0.2, 0) is 38.1 Å². The van der Waals surface area contributed by atoms with E-state index in [4.69, 9.17) is 23.7 Å². The van der Waals surface area contributed by atoms with Gasteiger partial charge in [0.25, 0.3) is 0 Å². The van der Waals surface area contributed by atoms with Gasteiger partial charge >= 0.3 is 17.9 Å². The molecule has 2 spiro atoms. The zero-order valence-corrected chi connectivity index (χ0v) is 25.4. The van der Waals surface area contributed by atoms with Crippen LogP contribution in [0.1, 0.15) is 93.4 Å².